The SMILES string of the molecule is [2H]C([2H])([2H])c1cn([C@H]2C[C@@H](N=[N+]=[N-])[C@@H](CO[C@@H]3OC(C(=O)[O-])[C@@H](O)[C@@H](O)C3O)O2)c(=O)[nH]c1=O.[Na+]. The van der Waals surface area contributed by atoms with Crippen LogP contribution in [-0.4, -0.2) is 80.3 Å². The maximum Gasteiger partial charge on any atom is 1.00 e. The van der Waals surface area contributed by atoms with Crippen molar-refractivity contribution in [3.05, 3.63) is 43.0 Å². The second kappa shape index (κ2) is 10.9. The van der Waals surface area contributed by atoms with Crippen LogP contribution in [0.2, 0.25) is 0 Å². The van der Waals surface area contributed by atoms with E-state index in [-0.39, 0.29) is 36.0 Å². The van der Waals surface area contributed by atoms with Gasteiger partial charge in [-0.25, -0.2) is 4.79 Å². The molecule has 0 saturated carbocycles. The summed E-state index contributed by atoms with van der Waals surface area (Å²) >= 11 is 0. The Kier molecular flexibility index (Phi) is 7.50. The number of carbonyl (C=O) groups is 1. The maximum atomic E-state index is 12.2. The second-order valence-corrected chi connectivity index (χ2v) is 6.90. The van der Waals surface area contributed by atoms with Crippen molar-refractivity contribution in [2.24, 2.45) is 5.11 Å². The van der Waals surface area contributed by atoms with E-state index < -0.39 is 85.3 Å². The molecule has 32 heavy (non-hydrogen) atoms. The Morgan fingerprint density at radius 3 is 2.75 bits per heavy atom. The Labute approximate surface area is 205 Å². The van der Waals surface area contributed by atoms with E-state index in [9.17, 15) is 34.8 Å². The Morgan fingerprint density at radius 1 is 1.41 bits per heavy atom. The number of aryl methyl sites for hydroxylation is 1. The molecule has 16 heteroatoms. The van der Waals surface area contributed by atoms with Crippen molar-refractivity contribution in [2.75, 3.05) is 6.61 Å². The van der Waals surface area contributed by atoms with Gasteiger partial charge in [0.15, 0.2) is 6.29 Å². The van der Waals surface area contributed by atoms with Crippen LogP contribution in [0.1, 0.15) is 22.3 Å². The molecule has 8 atom stereocenters. The number of carboxylic acid groups (broad SMARTS) is 1. The van der Waals surface area contributed by atoms with Gasteiger partial charge in [-0.3, -0.25) is 14.3 Å². The summed E-state index contributed by atoms with van der Waals surface area (Å²) in [5.74, 6) is -1.86. The van der Waals surface area contributed by atoms with E-state index in [1.165, 1.54) is 0 Å². The number of hydrogen-bond acceptors (Lipinski definition) is 11. The molecule has 0 bridgehead atoms. The van der Waals surface area contributed by atoms with Crippen molar-refractivity contribution >= 4 is 5.97 Å². The van der Waals surface area contributed by atoms with Gasteiger partial charge in [-0.15, -0.1) is 0 Å². The monoisotopic (exact) mass is 468 g/mol. The van der Waals surface area contributed by atoms with Crippen LogP contribution in [0.15, 0.2) is 20.9 Å². The van der Waals surface area contributed by atoms with Crippen molar-refractivity contribution < 1.29 is 73.1 Å². The molecule has 2 saturated heterocycles. The first kappa shape index (κ1) is 22.0. The number of H-pyrrole nitrogens is 1. The van der Waals surface area contributed by atoms with Crippen LogP contribution in [0.5, 0.6) is 0 Å². The van der Waals surface area contributed by atoms with E-state index in [0.717, 1.165) is 10.8 Å². The molecule has 170 valence electrons. The van der Waals surface area contributed by atoms with Crippen molar-refractivity contribution in [3.8, 4) is 0 Å². The molecule has 2 unspecified atom stereocenters. The van der Waals surface area contributed by atoms with E-state index in [1.807, 2.05) is 4.98 Å². The standard InChI is InChI=1S/C16H21N5O10.Na/c1-5-3-21(16(28)18-13(5)25)8-2-6(19-20-17)7(30-8)4-29-15-11(24)9(22)10(23)12(31-15)14(26)27;/h3,6-12,15,22-24H,2,4H2,1H3,(H,26,27)(H,18,25,28);/q;+1/p-1/t6-,7-,8-,9-,10+,11?,12?,15-;/m1./s1/i1D3;. The molecule has 0 aliphatic carbocycles. The minimum atomic E-state index is -2.83. The van der Waals surface area contributed by atoms with Crippen LogP contribution < -0.4 is 45.9 Å². The smallest absolute Gasteiger partial charge is 0.547 e. The van der Waals surface area contributed by atoms with Crippen LogP contribution in [0.3, 0.4) is 0 Å². The summed E-state index contributed by atoms with van der Waals surface area (Å²) in [5, 5.41) is 44.2. The van der Waals surface area contributed by atoms with Crippen molar-refractivity contribution in [1.82, 2.24) is 9.55 Å². The van der Waals surface area contributed by atoms with Gasteiger partial charge in [-0.2, -0.15) is 0 Å². The fraction of sp³-hybridized carbons (Fsp3) is 0.688. The molecule has 1 aromatic heterocycles. The predicted molar refractivity (Wildman–Crippen MR) is 95.2 cm³/mol. The number of carbonyl (C=O) groups excluding carboxylic acids is 1. The number of aromatic nitrogens is 2. The summed E-state index contributed by atoms with van der Waals surface area (Å²) < 4.78 is 38.9. The first-order chi connectivity index (χ1) is 15.8. The summed E-state index contributed by atoms with van der Waals surface area (Å²) in [5.41, 5.74) is 6.08. The molecule has 3 rings (SSSR count). The molecule has 0 radical (unpaired) electrons. The van der Waals surface area contributed by atoms with E-state index in [4.69, 9.17) is 23.9 Å². The van der Waals surface area contributed by atoms with Crippen molar-refractivity contribution in [2.45, 2.75) is 62.4 Å². The number of nitrogens with one attached hydrogen (secondary N) is 1. The molecule has 15 nitrogen and oxygen atoms in total. The number of ether oxygens (including phenoxy) is 3. The summed E-state index contributed by atoms with van der Waals surface area (Å²) in [6, 6.07) is -0.974. The normalized spacial score (nSPS) is 36.2. The number of aliphatic hydroxyl groups excluding tert-OH is 3. The van der Waals surface area contributed by atoms with Gasteiger partial charge in [-0.05, 0) is 12.4 Å². The fourth-order valence-electron chi connectivity index (χ4n) is 3.29. The van der Waals surface area contributed by atoms with E-state index in [2.05, 4.69) is 10.0 Å². The van der Waals surface area contributed by atoms with Crippen LogP contribution in [-0.2, 0) is 19.0 Å². The van der Waals surface area contributed by atoms with Crippen LogP contribution in [0.4, 0.5) is 0 Å². The number of aromatic amines is 1. The average molecular weight is 468 g/mol. The van der Waals surface area contributed by atoms with Crippen LogP contribution in [0, 0.1) is 6.85 Å². The van der Waals surface area contributed by atoms with Gasteiger partial charge in [0.05, 0.1) is 24.7 Å². The Balaban J connectivity index is 0.00000432. The molecule has 0 spiro atoms. The molecular formula is C16H20N5NaO10. The third-order valence-electron chi connectivity index (χ3n) is 4.91. The molecule has 1 aromatic rings. The summed E-state index contributed by atoms with van der Waals surface area (Å²) in [6.07, 6.45) is -11.1. The van der Waals surface area contributed by atoms with Gasteiger partial charge in [0.2, 0.25) is 0 Å². The zero-order valence-electron chi connectivity index (χ0n) is 19.6. The Morgan fingerprint density at radius 2 is 2.12 bits per heavy atom. The largest absolute Gasteiger partial charge is 1.00 e. The van der Waals surface area contributed by atoms with Crippen molar-refractivity contribution in [1.29, 1.82) is 0 Å². The summed E-state index contributed by atoms with van der Waals surface area (Å²) in [7, 11) is 0. The van der Waals surface area contributed by atoms with Crippen molar-refractivity contribution in [3.63, 3.8) is 0 Å². The molecule has 4 N–H and O–H groups in total. The van der Waals surface area contributed by atoms with Gasteiger partial charge >= 0.3 is 35.2 Å². The molecule has 0 aromatic carbocycles. The van der Waals surface area contributed by atoms with Crippen LogP contribution in [0.25, 0.3) is 10.4 Å². The number of azide groups is 1. The molecular weight excluding hydrogens is 445 g/mol. The second-order valence-electron chi connectivity index (χ2n) is 6.90. The van der Waals surface area contributed by atoms with E-state index in [0.29, 0.717) is 0 Å². The Hall–Kier alpha value is -1.78. The van der Waals surface area contributed by atoms with Gasteiger partial charge in [0.1, 0.15) is 30.6 Å². The molecule has 2 aliphatic heterocycles. The predicted octanol–water partition coefficient (Wildman–Crippen LogP) is -6.61. The minimum Gasteiger partial charge on any atom is -0.547 e. The zero-order valence-corrected chi connectivity index (χ0v) is 18.6. The van der Waals surface area contributed by atoms with E-state index in [1.54, 1.807) is 0 Å². The molecule has 3 heterocycles. The van der Waals surface area contributed by atoms with Crippen LogP contribution >= 0.6 is 0 Å². The quantitative estimate of drug-likeness (QED) is 0.133. The first-order valence-corrected chi connectivity index (χ1v) is 8.93. The number of rotatable bonds is 6. The fourth-order valence-corrected chi connectivity index (χ4v) is 3.29. The molecule has 0 amide bonds. The summed E-state index contributed by atoms with van der Waals surface area (Å²) in [6.45, 7) is -3.33. The average Bonchev–Trinajstić information content (AvgIpc) is 3.13. The number of nitrogens with zero attached hydrogens (tertiary/aromatic N) is 4. The van der Waals surface area contributed by atoms with E-state index >= 15 is 0 Å². The van der Waals surface area contributed by atoms with Gasteiger partial charge < -0.3 is 39.4 Å². The number of aliphatic hydroxyl groups is 3. The van der Waals surface area contributed by atoms with Gasteiger partial charge in [-0.1, -0.05) is 5.11 Å². The third kappa shape index (κ3) is 5.40. The summed E-state index contributed by atoms with van der Waals surface area (Å²) in [4.78, 5) is 39.7. The van der Waals surface area contributed by atoms with Gasteiger partial charge in [0.25, 0.3) is 5.56 Å². The topological polar surface area (TPSA) is 232 Å². The first-order valence-electron chi connectivity index (χ1n) is 10.4. The minimum absolute atomic E-state index is 0. The van der Waals surface area contributed by atoms with Gasteiger partial charge in [0, 0.05) is 27.2 Å². The third-order valence-corrected chi connectivity index (χ3v) is 4.91. The maximum absolute atomic E-state index is 12.2. The molecule has 2 fully saturated rings. The number of aliphatic carboxylic acids is 1. The number of hydrogen-bond donors (Lipinski definition) is 4. The molecule has 2 aliphatic rings. The number of carboxylic acids is 1. The zero-order chi connectivity index (χ0) is 25.4. The Bertz CT molecular complexity index is 1090.